The van der Waals surface area contributed by atoms with Crippen LogP contribution < -0.4 is 4.74 Å². The number of aldehydes is 1. The molecule has 0 amide bonds. The van der Waals surface area contributed by atoms with Crippen molar-refractivity contribution in [1.82, 2.24) is 4.98 Å². The van der Waals surface area contributed by atoms with E-state index in [1.807, 2.05) is 19.1 Å². The van der Waals surface area contributed by atoms with E-state index in [4.69, 9.17) is 16.3 Å². The summed E-state index contributed by atoms with van der Waals surface area (Å²) in [7, 11) is 0. The fourth-order valence-corrected chi connectivity index (χ4v) is 1.45. The molecule has 0 N–H and O–H groups in total. The smallest absolute Gasteiger partial charge is 0.219 e. The molecule has 0 atom stereocenters. The number of carbonyl (C=O) groups is 1. The van der Waals surface area contributed by atoms with Crippen molar-refractivity contribution in [2.24, 2.45) is 0 Å². The first-order valence-corrected chi connectivity index (χ1v) is 5.42. The van der Waals surface area contributed by atoms with Gasteiger partial charge in [0, 0.05) is 22.8 Å². The molecule has 0 fully saturated rings. The van der Waals surface area contributed by atoms with Crippen molar-refractivity contribution >= 4 is 17.9 Å². The summed E-state index contributed by atoms with van der Waals surface area (Å²) < 4.78 is 5.50. The molecule has 0 aliphatic carbocycles. The molecule has 1 aromatic carbocycles. The van der Waals surface area contributed by atoms with Gasteiger partial charge in [-0.05, 0) is 30.7 Å². The van der Waals surface area contributed by atoms with Crippen LogP contribution in [0.2, 0.25) is 5.02 Å². The van der Waals surface area contributed by atoms with Crippen LogP contribution in [0.5, 0.6) is 11.6 Å². The Bertz CT molecular complexity index is 538. The predicted octanol–water partition coefficient (Wildman–Crippen LogP) is 3.65. The number of rotatable bonds is 3. The van der Waals surface area contributed by atoms with Crippen LogP contribution in [0.3, 0.4) is 0 Å². The van der Waals surface area contributed by atoms with E-state index in [1.54, 1.807) is 18.2 Å². The highest BCUT2D eigenvalue weighted by Gasteiger charge is 2.01. The quantitative estimate of drug-likeness (QED) is 0.777. The molecule has 0 spiro atoms. The Hall–Kier alpha value is -1.87. The number of carbonyl (C=O) groups excluding carboxylic acids is 1. The molecule has 1 heterocycles. The highest BCUT2D eigenvalue weighted by atomic mass is 35.5. The van der Waals surface area contributed by atoms with Gasteiger partial charge >= 0.3 is 0 Å². The number of pyridine rings is 1. The van der Waals surface area contributed by atoms with Crippen LogP contribution in [0, 0.1) is 6.92 Å². The molecule has 4 heteroatoms. The summed E-state index contributed by atoms with van der Waals surface area (Å²) in [5.41, 5.74) is 1.50. The minimum Gasteiger partial charge on any atom is -0.439 e. The minimum absolute atomic E-state index is 0.426. The van der Waals surface area contributed by atoms with Gasteiger partial charge in [-0.3, -0.25) is 4.79 Å². The SMILES string of the molecule is Cc1ccc(Oc2ccc(C=O)cn2)cc1Cl. The zero-order valence-corrected chi connectivity index (χ0v) is 9.94. The lowest BCUT2D eigenvalue weighted by Gasteiger charge is -2.06. The number of hydrogen-bond acceptors (Lipinski definition) is 3. The summed E-state index contributed by atoms with van der Waals surface area (Å²) in [5, 5.41) is 0.645. The van der Waals surface area contributed by atoms with Crippen LogP contribution in [0.15, 0.2) is 36.5 Å². The Kier molecular flexibility index (Phi) is 3.40. The first-order valence-electron chi connectivity index (χ1n) is 5.04. The second kappa shape index (κ2) is 4.97. The normalized spacial score (nSPS) is 10.0. The second-order valence-electron chi connectivity index (χ2n) is 3.56. The van der Waals surface area contributed by atoms with Crippen molar-refractivity contribution < 1.29 is 9.53 Å². The molecule has 2 rings (SSSR count). The molecule has 0 unspecified atom stereocenters. The maximum absolute atomic E-state index is 10.5. The van der Waals surface area contributed by atoms with E-state index in [0.717, 1.165) is 11.8 Å². The van der Waals surface area contributed by atoms with Crippen molar-refractivity contribution in [2.45, 2.75) is 6.92 Å². The van der Waals surface area contributed by atoms with Gasteiger partial charge in [-0.25, -0.2) is 4.98 Å². The second-order valence-corrected chi connectivity index (χ2v) is 3.97. The van der Waals surface area contributed by atoms with Crippen molar-refractivity contribution in [3.8, 4) is 11.6 Å². The zero-order valence-electron chi connectivity index (χ0n) is 9.18. The number of aromatic nitrogens is 1. The third kappa shape index (κ3) is 2.82. The average Bonchev–Trinajstić information content (AvgIpc) is 2.35. The van der Waals surface area contributed by atoms with Gasteiger partial charge < -0.3 is 4.74 Å². The van der Waals surface area contributed by atoms with Crippen molar-refractivity contribution in [2.75, 3.05) is 0 Å². The van der Waals surface area contributed by atoms with Gasteiger partial charge in [-0.15, -0.1) is 0 Å². The standard InChI is InChI=1S/C13H10ClNO2/c1-9-2-4-11(6-12(9)14)17-13-5-3-10(8-16)7-15-13/h2-8H,1H3. The number of nitrogens with zero attached hydrogens (tertiary/aromatic N) is 1. The number of halogens is 1. The maximum atomic E-state index is 10.5. The Morgan fingerprint density at radius 2 is 2.12 bits per heavy atom. The summed E-state index contributed by atoms with van der Waals surface area (Å²) in [6, 6.07) is 8.70. The first-order chi connectivity index (χ1) is 8.19. The average molecular weight is 248 g/mol. The van der Waals surface area contributed by atoms with Gasteiger partial charge in [0.05, 0.1) is 0 Å². The zero-order chi connectivity index (χ0) is 12.3. The van der Waals surface area contributed by atoms with Crippen molar-refractivity contribution in [3.05, 3.63) is 52.7 Å². The van der Waals surface area contributed by atoms with Crippen LogP contribution in [-0.2, 0) is 0 Å². The van der Waals surface area contributed by atoms with E-state index in [2.05, 4.69) is 4.98 Å². The molecule has 0 aliphatic heterocycles. The lowest BCUT2D eigenvalue weighted by Crippen LogP contribution is -1.89. The lowest BCUT2D eigenvalue weighted by molar-refractivity contribution is 0.112. The Morgan fingerprint density at radius 1 is 1.29 bits per heavy atom. The summed E-state index contributed by atoms with van der Waals surface area (Å²) in [5.74, 6) is 1.04. The van der Waals surface area contributed by atoms with E-state index in [9.17, 15) is 4.79 Å². The van der Waals surface area contributed by atoms with E-state index in [-0.39, 0.29) is 0 Å². The van der Waals surface area contributed by atoms with E-state index in [0.29, 0.717) is 22.2 Å². The Labute approximate surface area is 104 Å². The summed E-state index contributed by atoms with van der Waals surface area (Å²) >= 11 is 5.98. The molecule has 17 heavy (non-hydrogen) atoms. The minimum atomic E-state index is 0.426. The van der Waals surface area contributed by atoms with Gasteiger partial charge in [0.15, 0.2) is 6.29 Å². The van der Waals surface area contributed by atoms with Crippen LogP contribution in [0.1, 0.15) is 15.9 Å². The number of aryl methyl sites for hydroxylation is 1. The topological polar surface area (TPSA) is 39.2 Å². The molecule has 1 aromatic heterocycles. The number of hydrogen-bond donors (Lipinski definition) is 0. The molecular weight excluding hydrogens is 238 g/mol. The van der Waals surface area contributed by atoms with Crippen LogP contribution >= 0.6 is 11.6 Å². The fourth-order valence-electron chi connectivity index (χ4n) is 1.28. The van der Waals surface area contributed by atoms with Gasteiger partial charge in [0.25, 0.3) is 0 Å². The summed E-state index contributed by atoms with van der Waals surface area (Å²) in [4.78, 5) is 14.5. The van der Waals surface area contributed by atoms with Gasteiger partial charge in [0.1, 0.15) is 5.75 Å². The van der Waals surface area contributed by atoms with E-state index in [1.165, 1.54) is 6.20 Å². The molecule has 86 valence electrons. The Morgan fingerprint density at radius 3 is 2.71 bits per heavy atom. The number of ether oxygens (including phenoxy) is 1. The molecule has 2 aromatic rings. The predicted molar refractivity (Wildman–Crippen MR) is 65.9 cm³/mol. The van der Waals surface area contributed by atoms with Gasteiger partial charge in [-0.2, -0.15) is 0 Å². The van der Waals surface area contributed by atoms with E-state index >= 15 is 0 Å². The fraction of sp³-hybridized carbons (Fsp3) is 0.0769. The largest absolute Gasteiger partial charge is 0.439 e. The van der Waals surface area contributed by atoms with E-state index < -0.39 is 0 Å². The molecule has 0 saturated carbocycles. The summed E-state index contributed by atoms with van der Waals surface area (Å²) in [6.07, 6.45) is 2.19. The monoisotopic (exact) mass is 247 g/mol. The first kappa shape index (κ1) is 11.6. The maximum Gasteiger partial charge on any atom is 0.219 e. The van der Waals surface area contributed by atoms with Gasteiger partial charge in [0.2, 0.25) is 5.88 Å². The lowest BCUT2D eigenvalue weighted by atomic mass is 10.2. The molecule has 0 radical (unpaired) electrons. The van der Waals surface area contributed by atoms with Crippen LogP contribution in [0.4, 0.5) is 0 Å². The highest BCUT2D eigenvalue weighted by molar-refractivity contribution is 6.31. The van der Waals surface area contributed by atoms with Crippen LogP contribution in [0.25, 0.3) is 0 Å². The van der Waals surface area contributed by atoms with Crippen LogP contribution in [-0.4, -0.2) is 11.3 Å². The third-order valence-corrected chi connectivity index (χ3v) is 2.67. The Balaban J connectivity index is 2.19. The van der Waals surface area contributed by atoms with Gasteiger partial charge in [-0.1, -0.05) is 17.7 Å². The molecule has 0 aliphatic rings. The highest BCUT2D eigenvalue weighted by Crippen LogP contribution is 2.25. The molecule has 0 saturated heterocycles. The third-order valence-electron chi connectivity index (χ3n) is 2.26. The molecule has 3 nitrogen and oxygen atoms in total. The molecule has 0 bridgehead atoms. The van der Waals surface area contributed by atoms with Crippen molar-refractivity contribution in [3.63, 3.8) is 0 Å². The van der Waals surface area contributed by atoms with Crippen molar-refractivity contribution in [1.29, 1.82) is 0 Å². The number of benzene rings is 1. The molecular formula is C13H10ClNO2. The summed E-state index contributed by atoms with van der Waals surface area (Å²) in [6.45, 7) is 1.92.